The second-order valence-electron chi connectivity index (χ2n) is 3.50. The third kappa shape index (κ3) is 1.60. The first-order chi connectivity index (χ1) is 8.25. The van der Waals surface area contributed by atoms with Gasteiger partial charge in [-0.15, -0.1) is 0 Å². The van der Waals surface area contributed by atoms with Crippen LogP contribution in [-0.4, -0.2) is 19.7 Å². The molecule has 6 heteroatoms. The van der Waals surface area contributed by atoms with E-state index in [1.54, 1.807) is 16.8 Å². The molecule has 0 bridgehead atoms. The molecule has 1 N–H and O–H groups in total. The van der Waals surface area contributed by atoms with Gasteiger partial charge in [-0.25, -0.2) is 9.67 Å². The lowest BCUT2D eigenvalue weighted by Crippen LogP contribution is -2.06. The van der Waals surface area contributed by atoms with E-state index in [-0.39, 0.29) is 5.56 Å². The highest BCUT2D eigenvalue weighted by molar-refractivity contribution is 6.30. The summed E-state index contributed by atoms with van der Waals surface area (Å²) in [6.07, 6.45) is 2.86. The van der Waals surface area contributed by atoms with Crippen LogP contribution in [0, 0.1) is 0 Å². The Hall–Kier alpha value is -2.14. The summed E-state index contributed by atoms with van der Waals surface area (Å²) in [5.41, 5.74) is 1.13. The normalized spacial score (nSPS) is 10.9. The molecule has 0 saturated carbocycles. The molecule has 1 aromatic carbocycles. The van der Waals surface area contributed by atoms with Crippen molar-refractivity contribution in [2.45, 2.75) is 0 Å². The van der Waals surface area contributed by atoms with Crippen LogP contribution in [-0.2, 0) is 0 Å². The number of nitrogens with zero attached hydrogens (tertiary/aromatic N) is 3. The van der Waals surface area contributed by atoms with Gasteiger partial charge in [0.15, 0.2) is 5.65 Å². The van der Waals surface area contributed by atoms with Gasteiger partial charge in [0.1, 0.15) is 5.39 Å². The first-order valence-corrected chi connectivity index (χ1v) is 5.31. The number of aromatic amines is 1. The molecule has 2 heterocycles. The van der Waals surface area contributed by atoms with Crippen LogP contribution in [0.4, 0.5) is 0 Å². The molecule has 0 amide bonds. The number of hydrogen-bond donors (Lipinski definition) is 1. The van der Waals surface area contributed by atoms with Gasteiger partial charge in [0, 0.05) is 5.02 Å². The van der Waals surface area contributed by atoms with Crippen LogP contribution in [0.5, 0.6) is 0 Å². The largest absolute Gasteiger partial charge is 0.312 e. The first kappa shape index (κ1) is 10.0. The second-order valence-corrected chi connectivity index (χ2v) is 3.94. The summed E-state index contributed by atoms with van der Waals surface area (Å²) in [7, 11) is 0. The van der Waals surface area contributed by atoms with Crippen molar-refractivity contribution < 1.29 is 0 Å². The summed E-state index contributed by atoms with van der Waals surface area (Å²) >= 11 is 5.82. The number of rotatable bonds is 1. The molecule has 0 spiro atoms. The zero-order valence-corrected chi connectivity index (χ0v) is 9.35. The summed E-state index contributed by atoms with van der Waals surface area (Å²) in [5.74, 6) is 0. The molecule has 0 saturated heterocycles. The van der Waals surface area contributed by atoms with E-state index in [1.165, 1.54) is 12.5 Å². The van der Waals surface area contributed by atoms with Gasteiger partial charge in [-0.2, -0.15) is 5.10 Å². The molecule has 0 atom stereocenters. The molecule has 3 aromatic rings. The van der Waals surface area contributed by atoms with Crippen molar-refractivity contribution in [1.82, 2.24) is 19.7 Å². The minimum atomic E-state index is -0.199. The number of fused-ring (bicyclic) bond motifs is 1. The van der Waals surface area contributed by atoms with Crippen molar-refractivity contribution in [3.8, 4) is 5.69 Å². The summed E-state index contributed by atoms with van der Waals surface area (Å²) in [4.78, 5) is 18.1. The second kappa shape index (κ2) is 3.71. The zero-order valence-electron chi connectivity index (χ0n) is 8.59. The molecule has 0 aliphatic heterocycles. The number of benzene rings is 1. The number of H-pyrrole nitrogens is 1. The monoisotopic (exact) mass is 246 g/mol. The Labute approximate surface area is 101 Å². The Morgan fingerprint density at radius 1 is 1.24 bits per heavy atom. The standard InChI is InChI=1S/C11H7ClN4O/c12-7-1-3-8(4-2-7)16-10-9(5-15-16)11(17)14-6-13-10/h1-6H,(H,13,14,17). The van der Waals surface area contributed by atoms with Gasteiger partial charge < -0.3 is 4.98 Å². The van der Waals surface area contributed by atoms with E-state index in [0.29, 0.717) is 16.1 Å². The van der Waals surface area contributed by atoms with Crippen molar-refractivity contribution in [2.24, 2.45) is 0 Å². The molecule has 2 aromatic heterocycles. The molecular weight excluding hydrogens is 240 g/mol. The molecule has 17 heavy (non-hydrogen) atoms. The average Bonchev–Trinajstić information content (AvgIpc) is 2.75. The Morgan fingerprint density at radius 2 is 2.00 bits per heavy atom. The smallest absolute Gasteiger partial charge is 0.261 e. The molecule has 0 aliphatic rings. The van der Waals surface area contributed by atoms with Gasteiger partial charge in [0.05, 0.1) is 18.2 Å². The molecule has 0 fully saturated rings. The third-order valence-electron chi connectivity index (χ3n) is 2.44. The van der Waals surface area contributed by atoms with Crippen LogP contribution in [0.25, 0.3) is 16.7 Å². The summed E-state index contributed by atoms with van der Waals surface area (Å²) in [6, 6.07) is 7.16. The molecule has 3 rings (SSSR count). The van der Waals surface area contributed by atoms with Crippen LogP contribution in [0.1, 0.15) is 0 Å². The fraction of sp³-hybridized carbons (Fsp3) is 0. The van der Waals surface area contributed by atoms with Crippen molar-refractivity contribution in [1.29, 1.82) is 0 Å². The fourth-order valence-corrected chi connectivity index (χ4v) is 1.75. The maximum absolute atomic E-state index is 11.5. The van der Waals surface area contributed by atoms with E-state index in [4.69, 9.17) is 11.6 Å². The maximum atomic E-state index is 11.5. The van der Waals surface area contributed by atoms with E-state index in [9.17, 15) is 4.79 Å². The minimum absolute atomic E-state index is 0.199. The SMILES string of the molecule is O=c1[nH]cnc2c1cnn2-c1ccc(Cl)cc1. The number of hydrogen-bond acceptors (Lipinski definition) is 3. The number of halogens is 1. The lowest BCUT2D eigenvalue weighted by molar-refractivity contribution is 0.894. The van der Waals surface area contributed by atoms with E-state index in [1.807, 2.05) is 12.1 Å². The van der Waals surface area contributed by atoms with E-state index >= 15 is 0 Å². The van der Waals surface area contributed by atoms with Gasteiger partial charge in [-0.05, 0) is 24.3 Å². The van der Waals surface area contributed by atoms with Crippen molar-refractivity contribution in [2.75, 3.05) is 0 Å². The Bertz CT molecular complexity index is 729. The van der Waals surface area contributed by atoms with Crippen LogP contribution in [0.2, 0.25) is 5.02 Å². The molecular formula is C11H7ClN4O. The van der Waals surface area contributed by atoms with E-state index in [2.05, 4.69) is 15.1 Å². The van der Waals surface area contributed by atoms with Gasteiger partial charge in [0.2, 0.25) is 0 Å². The highest BCUT2D eigenvalue weighted by atomic mass is 35.5. The van der Waals surface area contributed by atoms with Crippen LogP contribution in [0.3, 0.4) is 0 Å². The van der Waals surface area contributed by atoms with E-state index < -0.39 is 0 Å². The van der Waals surface area contributed by atoms with Crippen LogP contribution in [0.15, 0.2) is 41.6 Å². The van der Waals surface area contributed by atoms with Gasteiger partial charge in [0.25, 0.3) is 5.56 Å². The van der Waals surface area contributed by atoms with Crippen molar-refractivity contribution >= 4 is 22.6 Å². The Kier molecular flexibility index (Phi) is 2.19. The lowest BCUT2D eigenvalue weighted by Gasteiger charge is -2.01. The highest BCUT2D eigenvalue weighted by Gasteiger charge is 2.08. The summed E-state index contributed by atoms with van der Waals surface area (Å²) in [5, 5.41) is 5.26. The van der Waals surface area contributed by atoms with Crippen molar-refractivity contribution in [3.05, 3.63) is 52.2 Å². The average molecular weight is 247 g/mol. The molecule has 0 radical (unpaired) electrons. The number of nitrogens with one attached hydrogen (secondary N) is 1. The minimum Gasteiger partial charge on any atom is -0.312 e. The van der Waals surface area contributed by atoms with Crippen molar-refractivity contribution in [3.63, 3.8) is 0 Å². The van der Waals surface area contributed by atoms with Crippen LogP contribution < -0.4 is 5.56 Å². The lowest BCUT2D eigenvalue weighted by atomic mass is 10.3. The Morgan fingerprint density at radius 3 is 2.76 bits per heavy atom. The van der Waals surface area contributed by atoms with Gasteiger partial charge in [-0.1, -0.05) is 11.6 Å². The van der Waals surface area contributed by atoms with Gasteiger partial charge in [-0.3, -0.25) is 4.79 Å². The van der Waals surface area contributed by atoms with Crippen LogP contribution >= 0.6 is 11.6 Å². The highest BCUT2D eigenvalue weighted by Crippen LogP contribution is 2.15. The quantitative estimate of drug-likeness (QED) is 0.712. The molecule has 5 nitrogen and oxygen atoms in total. The molecule has 0 unspecified atom stereocenters. The van der Waals surface area contributed by atoms with E-state index in [0.717, 1.165) is 5.69 Å². The topological polar surface area (TPSA) is 63.6 Å². The predicted octanol–water partition coefficient (Wildman–Crippen LogP) is 1.76. The predicted molar refractivity (Wildman–Crippen MR) is 64.5 cm³/mol. The molecule has 0 aliphatic carbocycles. The zero-order chi connectivity index (χ0) is 11.8. The summed E-state index contributed by atoms with van der Waals surface area (Å²) in [6.45, 7) is 0. The first-order valence-electron chi connectivity index (χ1n) is 4.93. The third-order valence-corrected chi connectivity index (χ3v) is 2.69. The van der Waals surface area contributed by atoms with Gasteiger partial charge >= 0.3 is 0 Å². The Balaban J connectivity index is 2.28. The fourth-order valence-electron chi connectivity index (χ4n) is 1.63. The maximum Gasteiger partial charge on any atom is 0.261 e. The summed E-state index contributed by atoms with van der Waals surface area (Å²) < 4.78 is 1.60. The number of aromatic nitrogens is 4. The molecule has 84 valence electrons.